The molecule has 0 bridgehead atoms. The number of anilines is 1. The molecule has 2 atom stereocenters. The Labute approximate surface area is 104 Å². The van der Waals surface area contributed by atoms with Crippen molar-refractivity contribution < 1.29 is 4.79 Å². The summed E-state index contributed by atoms with van der Waals surface area (Å²) in [5, 5.41) is 6.15. The van der Waals surface area contributed by atoms with Gasteiger partial charge in [-0.25, -0.2) is 0 Å². The molecular formula is C14H22N2O. The predicted octanol–water partition coefficient (Wildman–Crippen LogP) is 2.71. The molecule has 0 unspecified atom stereocenters. The quantitative estimate of drug-likeness (QED) is 0.822. The molecule has 1 aromatic rings. The highest BCUT2D eigenvalue weighted by Crippen LogP contribution is 2.09. The molecule has 3 nitrogen and oxygen atoms in total. The van der Waals surface area contributed by atoms with Crippen LogP contribution in [0.5, 0.6) is 0 Å². The average molecular weight is 234 g/mol. The molecule has 2 N–H and O–H groups in total. The zero-order valence-electron chi connectivity index (χ0n) is 11.1. The molecule has 0 aliphatic rings. The molecule has 0 aromatic heterocycles. The molecule has 0 spiro atoms. The van der Waals surface area contributed by atoms with E-state index in [4.69, 9.17) is 0 Å². The van der Waals surface area contributed by atoms with Crippen molar-refractivity contribution in [2.75, 3.05) is 5.32 Å². The summed E-state index contributed by atoms with van der Waals surface area (Å²) in [6, 6.07) is 8.00. The summed E-state index contributed by atoms with van der Waals surface area (Å²) in [7, 11) is 0. The zero-order valence-corrected chi connectivity index (χ0v) is 11.1. The van der Waals surface area contributed by atoms with Gasteiger partial charge in [-0.05, 0) is 39.3 Å². The van der Waals surface area contributed by atoms with Crippen LogP contribution in [-0.2, 0) is 4.79 Å². The minimum Gasteiger partial charge on any atom is -0.325 e. The smallest absolute Gasteiger partial charge is 0.241 e. The third-order valence-electron chi connectivity index (χ3n) is 2.86. The van der Waals surface area contributed by atoms with Crippen molar-refractivity contribution in [3.05, 3.63) is 29.8 Å². The average Bonchev–Trinajstić information content (AvgIpc) is 2.31. The molecule has 1 amide bonds. The molecule has 0 heterocycles. The van der Waals surface area contributed by atoms with Crippen LogP contribution in [-0.4, -0.2) is 18.0 Å². The molecule has 0 fully saturated rings. The number of benzene rings is 1. The Kier molecular flexibility index (Phi) is 5.16. The fourth-order valence-electron chi connectivity index (χ4n) is 1.51. The Balaban J connectivity index is 2.51. The monoisotopic (exact) mass is 234 g/mol. The lowest BCUT2D eigenvalue weighted by atomic mass is 10.2. The Bertz CT molecular complexity index is 359. The SMILES string of the molecule is CC[C@H](C)N[C@@H](C)C(=O)Nc1ccc(C)cc1. The number of hydrogen-bond acceptors (Lipinski definition) is 2. The Morgan fingerprint density at radius 2 is 1.82 bits per heavy atom. The summed E-state index contributed by atoms with van der Waals surface area (Å²) in [6.45, 7) is 8.09. The van der Waals surface area contributed by atoms with Crippen LogP contribution in [0.15, 0.2) is 24.3 Å². The maximum Gasteiger partial charge on any atom is 0.241 e. The van der Waals surface area contributed by atoms with Crippen molar-refractivity contribution in [3.63, 3.8) is 0 Å². The third kappa shape index (κ3) is 4.57. The number of carbonyl (C=O) groups excluding carboxylic acids is 1. The lowest BCUT2D eigenvalue weighted by molar-refractivity contribution is -0.117. The summed E-state index contributed by atoms with van der Waals surface area (Å²) in [5.74, 6) is 0.00848. The number of hydrogen-bond donors (Lipinski definition) is 2. The maximum atomic E-state index is 11.9. The van der Waals surface area contributed by atoms with Gasteiger partial charge in [0.2, 0.25) is 5.91 Å². The minimum absolute atomic E-state index is 0.00848. The number of carbonyl (C=O) groups is 1. The van der Waals surface area contributed by atoms with Gasteiger partial charge in [0.15, 0.2) is 0 Å². The predicted molar refractivity (Wildman–Crippen MR) is 72.2 cm³/mol. The molecule has 0 aliphatic carbocycles. The molecule has 0 aliphatic heterocycles. The number of nitrogens with one attached hydrogen (secondary N) is 2. The van der Waals surface area contributed by atoms with E-state index in [2.05, 4.69) is 24.5 Å². The second-order valence-corrected chi connectivity index (χ2v) is 4.55. The lowest BCUT2D eigenvalue weighted by Gasteiger charge is -2.18. The second kappa shape index (κ2) is 6.40. The Morgan fingerprint density at radius 1 is 1.24 bits per heavy atom. The largest absolute Gasteiger partial charge is 0.325 e. The van der Waals surface area contributed by atoms with Gasteiger partial charge in [0, 0.05) is 11.7 Å². The van der Waals surface area contributed by atoms with Crippen molar-refractivity contribution in [3.8, 4) is 0 Å². The summed E-state index contributed by atoms with van der Waals surface area (Å²) >= 11 is 0. The third-order valence-corrected chi connectivity index (χ3v) is 2.86. The van der Waals surface area contributed by atoms with Crippen LogP contribution in [0.25, 0.3) is 0 Å². The first-order valence-corrected chi connectivity index (χ1v) is 6.16. The lowest BCUT2D eigenvalue weighted by Crippen LogP contribution is -2.42. The minimum atomic E-state index is -0.175. The van der Waals surface area contributed by atoms with Crippen molar-refractivity contribution >= 4 is 11.6 Å². The van der Waals surface area contributed by atoms with E-state index in [1.165, 1.54) is 5.56 Å². The van der Waals surface area contributed by atoms with Crippen molar-refractivity contribution in [1.82, 2.24) is 5.32 Å². The van der Waals surface area contributed by atoms with Gasteiger partial charge in [-0.1, -0.05) is 24.6 Å². The normalized spacial score (nSPS) is 14.1. The molecule has 1 rings (SSSR count). The Hall–Kier alpha value is -1.35. The number of amides is 1. The summed E-state index contributed by atoms with van der Waals surface area (Å²) < 4.78 is 0. The summed E-state index contributed by atoms with van der Waals surface area (Å²) in [5.41, 5.74) is 2.03. The maximum absolute atomic E-state index is 11.9. The molecular weight excluding hydrogens is 212 g/mol. The topological polar surface area (TPSA) is 41.1 Å². The van der Waals surface area contributed by atoms with E-state index >= 15 is 0 Å². The van der Waals surface area contributed by atoms with Crippen molar-refractivity contribution in [2.24, 2.45) is 0 Å². The molecule has 94 valence electrons. The van der Waals surface area contributed by atoms with E-state index in [0.29, 0.717) is 6.04 Å². The van der Waals surface area contributed by atoms with Crippen molar-refractivity contribution in [1.29, 1.82) is 0 Å². The van der Waals surface area contributed by atoms with Gasteiger partial charge in [0.25, 0.3) is 0 Å². The highest BCUT2D eigenvalue weighted by molar-refractivity contribution is 5.94. The van der Waals surface area contributed by atoms with Crippen LogP contribution in [0.3, 0.4) is 0 Å². The van der Waals surface area contributed by atoms with E-state index < -0.39 is 0 Å². The molecule has 0 radical (unpaired) electrons. The van der Waals surface area contributed by atoms with Crippen LogP contribution >= 0.6 is 0 Å². The van der Waals surface area contributed by atoms with E-state index in [0.717, 1.165) is 12.1 Å². The molecule has 17 heavy (non-hydrogen) atoms. The van der Waals surface area contributed by atoms with Gasteiger partial charge in [0.05, 0.1) is 6.04 Å². The molecule has 0 saturated carbocycles. The van der Waals surface area contributed by atoms with E-state index in [1.807, 2.05) is 38.1 Å². The second-order valence-electron chi connectivity index (χ2n) is 4.55. The molecule has 3 heteroatoms. The van der Waals surface area contributed by atoms with Gasteiger partial charge in [-0.15, -0.1) is 0 Å². The van der Waals surface area contributed by atoms with Crippen LogP contribution < -0.4 is 10.6 Å². The first-order valence-electron chi connectivity index (χ1n) is 6.16. The van der Waals surface area contributed by atoms with E-state index in [9.17, 15) is 4.79 Å². The number of rotatable bonds is 5. The van der Waals surface area contributed by atoms with Crippen LogP contribution in [0.4, 0.5) is 5.69 Å². The van der Waals surface area contributed by atoms with Crippen molar-refractivity contribution in [2.45, 2.75) is 46.2 Å². The fraction of sp³-hybridized carbons (Fsp3) is 0.500. The van der Waals surface area contributed by atoms with Crippen LogP contribution in [0.1, 0.15) is 32.8 Å². The fourth-order valence-corrected chi connectivity index (χ4v) is 1.51. The zero-order chi connectivity index (χ0) is 12.8. The summed E-state index contributed by atoms with van der Waals surface area (Å²) in [6.07, 6.45) is 1.02. The highest BCUT2D eigenvalue weighted by atomic mass is 16.2. The van der Waals surface area contributed by atoms with Gasteiger partial charge in [-0.2, -0.15) is 0 Å². The van der Waals surface area contributed by atoms with E-state index in [-0.39, 0.29) is 11.9 Å². The summed E-state index contributed by atoms with van der Waals surface area (Å²) in [4.78, 5) is 11.9. The van der Waals surface area contributed by atoms with Crippen LogP contribution in [0.2, 0.25) is 0 Å². The van der Waals surface area contributed by atoms with Gasteiger partial charge >= 0.3 is 0 Å². The van der Waals surface area contributed by atoms with Gasteiger partial charge < -0.3 is 10.6 Å². The van der Waals surface area contributed by atoms with Gasteiger partial charge in [0.1, 0.15) is 0 Å². The van der Waals surface area contributed by atoms with Gasteiger partial charge in [-0.3, -0.25) is 4.79 Å². The highest BCUT2D eigenvalue weighted by Gasteiger charge is 2.14. The Morgan fingerprint density at radius 3 is 2.35 bits per heavy atom. The molecule has 1 aromatic carbocycles. The molecule has 0 saturated heterocycles. The van der Waals surface area contributed by atoms with Crippen LogP contribution in [0, 0.1) is 6.92 Å². The standard InChI is InChI=1S/C14H22N2O/c1-5-11(3)15-12(4)14(17)16-13-8-6-10(2)7-9-13/h6-9,11-12,15H,5H2,1-4H3,(H,16,17)/t11-,12-/m0/s1. The van der Waals surface area contributed by atoms with E-state index in [1.54, 1.807) is 0 Å². The first-order chi connectivity index (χ1) is 8.02. The first kappa shape index (κ1) is 13.7. The number of aryl methyl sites for hydroxylation is 1.